The maximum Gasteiger partial charge on any atom is 0.123 e. The summed E-state index contributed by atoms with van der Waals surface area (Å²) in [5.74, 6) is 1.60. The van der Waals surface area contributed by atoms with Crippen molar-refractivity contribution < 1.29 is 9.47 Å². The SMILES string of the molecule is COc1ccc(COC2CC(C)CC(C)(C)C2)cc1CN. The van der Waals surface area contributed by atoms with Crippen molar-refractivity contribution >= 4 is 0 Å². The van der Waals surface area contributed by atoms with Gasteiger partial charge in [0.05, 0.1) is 19.8 Å². The van der Waals surface area contributed by atoms with Crippen molar-refractivity contribution in [3.05, 3.63) is 29.3 Å². The zero-order valence-electron chi connectivity index (χ0n) is 13.8. The number of benzene rings is 1. The highest BCUT2D eigenvalue weighted by molar-refractivity contribution is 5.36. The lowest BCUT2D eigenvalue weighted by Crippen LogP contribution is -2.32. The lowest BCUT2D eigenvalue weighted by molar-refractivity contribution is -0.0316. The van der Waals surface area contributed by atoms with Crippen LogP contribution in [0.15, 0.2) is 18.2 Å². The number of nitrogens with two attached hydrogens (primary N) is 1. The predicted molar refractivity (Wildman–Crippen MR) is 86.3 cm³/mol. The van der Waals surface area contributed by atoms with Crippen LogP contribution in [-0.4, -0.2) is 13.2 Å². The van der Waals surface area contributed by atoms with E-state index in [1.54, 1.807) is 7.11 Å². The van der Waals surface area contributed by atoms with Crippen molar-refractivity contribution in [2.45, 2.75) is 59.3 Å². The minimum Gasteiger partial charge on any atom is -0.496 e. The van der Waals surface area contributed by atoms with Crippen LogP contribution in [0.2, 0.25) is 0 Å². The molecule has 1 aliphatic rings. The average Bonchev–Trinajstić information content (AvgIpc) is 2.42. The van der Waals surface area contributed by atoms with Crippen molar-refractivity contribution in [1.82, 2.24) is 0 Å². The van der Waals surface area contributed by atoms with Gasteiger partial charge >= 0.3 is 0 Å². The van der Waals surface area contributed by atoms with Gasteiger partial charge in [-0.2, -0.15) is 0 Å². The van der Waals surface area contributed by atoms with Gasteiger partial charge in [0, 0.05) is 12.1 Å². The van der Waals surface area contributed by atoms with Crippen LogP contribution in [0.25, 0.3) is 0 Å². The number of ether oxygens (including phenoxy) is 2. The summed E-state index contributed by atoms with van der Waals surface area (Å²) in [6.45, 7) is 8.17. The third-order valence-electron chi connectivity index (χ3n) is 4.40. The molecule has 0 aromatic heterocycles. The molecule has 2 atom stereocenters. The van der Waals surface area contributed by atoms with E-state index in [0.717, 1.165) is 23.7 Å². The molecule has 3 nitrogen and oxygen atoms in total. The number of methoxy groups -OCH3 is 1. The quantitative estimate of drug-likeness (QED) is 0.895. The van der Waals surface area contributed by atoms with Gasteiger partial charge in [-0.1, -0.05) is 26.8 Å². The Morgan fingerprint density at radius 3 is 2.67 bits per heavy atom. The topological polar surface area (TPSA) is 44.5 Å². The molecule has 0 heterocycles. The van der Waals surface area contributed by atoms with E-state index < -0.39 is 0 Å². The minimum atomic E-state index is 0.368. The summed E-state index contributed by atoms with van der Waals surface area (Å²) in [6, 6.07) is 6.14. The smallest absolute Gasteiger partial charge is 0.123 e. The second kappa shape index (κ2) is 6.80. The summed E-state index contributed by atoms with van der Waals surface area (Å²) in [4.78, 5) is 0. The Morgan fingerprint density at radius 1 is 1.29 bits per heavy atom. The molecule has 0 amide bonds. The van der Waals surface area contributed by atoms with Crippen molar-refractivity contribution in [3.63, 3.8) is 0 Å². The molecular weight excluding hydrogens is 262 g/mol. The molecule has 0 saturated heterocycles. The molecule has 0 aliphatic heterocycles. The summed E-state index contributed by atoms with van der Waals surface area (Å²) in [5.41, 5.74) is 8.37. The monoisotopic (exact) mass is 291 g/mol. The highest BCUT2D eigenvalue weighted by Gasteiger charge is 2.32. The van der Waals surface area contributed by atoms with Gasteiger partial charge in [-0.25, -0.2) is 0 Å². The third kappa shape index (κ3) is 4.45. The van der Waals surface area contributed by atoms with Gasteiger partial charge in [-0.15, -0.1) is 0 Å². The van der Waals surface area contributed by atoms with Gasteiger partial charge in [-0.3, -0.25) is 0 Å². The number of hydrogen-bond donors (Lipinski definition) is 1. The molecule has 2 N–H and O–H groups in total. The highest BCUT2D eigenvalue weighted by Crippen LogP contribution is 2.39. The Balaban J connectivity index is 1.96. The van der Waals surface area contributed by atoms with Gasteiger partial charge in [0.25, 0.3) is 0 Å². The number of rotatable bonds is 5. The van der Waals surface area contributed by atoms with Crippen LogP contribution < -0.4 is 10.5 Å². The van der Waals surface area contributed by atoms with Gasteiger partial charge in [0.15, 0.2) is 0 Å². The standard InChI is InChI=1S/C18H29NO2/c1-13-7-16(10-18(2,3)9-13)21-12-14-5-6-17(20-4)15(8-14)11-19/h5-6,8,13,16H,7,9-12,19H2,1-4H3. The van der Waals surface area contributed by atoms with Crippen molar-refractivity contribution in [1.29, 1.82) is 0 Å². The Labute approximate surface area is 128 Å². The van der Waals surface area contributed by atoms with Crippen LogP contribution >= 0.6 is 0 Å². The van der Waals surface area contributed by atoms with E-state index in [0.29, 0.717) is 24.7 Å². The molecule has 0 spiro atoms. The zero-order chi connectivity index (χ0) is 15.5. The van der Waals surface area contributed by atoms with E-state index >= 15 is 0 Å². The molecule has 21 heavy (non-hydrogen) atoms. The van der Waals surface area contributed by atoms with Crippen LogP contribution in [0.3, 0.4) is 0 Å². The summed E-state index contributed by atoms with van der Waals surface area (Å²) >= 11 is 0. The molecule has 118 valence electrons. The molecular formula is C18H29NO2. The molecule has 3 heteroatoms. The van der Waals surface area contributed by atoms with E-state index in [1.807, 2.05) is 6.07 Å². The first-order valence-corrected chi connectivity index (χ1v) is 7.91. The summed E-state index contributed by atoms with van der Waals surface area (Å²) in [7, 11) is 1.68. The average molecular weight is 291 g/mol. The summed E-state index contributed by atoms with van der Waals surface area (Å²) in [6.07, 6.45) is 3.99. The fourth-order valence-corrected chi connectivity index (χ4v) is 3.68. The first-order chi connectivity index (χ1) is 9.93. The molecule has 2 unspecified atom stereocenters. The maximum atomic E-state index is 6.17. The first kappa shape index (κ1) is 16.3. The molecule has 1 fully saturated rings. The number of hydrogen-bond acceptors (Lipinski definition) is 3. The van der Waals surface area contributed by atoms with Crippen LogP contribution in [-0.2, 0) is 17.9 Å². The molecule has 0 bridgehead atoms. The van der Waals surface area contributed by atoms with E-state index in [9.17, 15) is 0 Å². The van der Waals surface area contributed by atoms with Crippen LogP contribution in [0.4, 0.5) is 0 Å². The van der Waals surface area contributed by atoms with Crippen molar-refractivity contribution in [3.8, 4) is 5.75 Å². The molecule has 1 aromatic carbocycles. The Hall–Kier alpha value is -1.06. The highest BCUT2D eigenvalue weighted by atomic mass is 16.5. The summed E-state index contributed by atoms with van der Waals surface area (Å²) in [5, 5.41) is 0. The lowest BCUT2D eigenvalue weighted by Gasteiger charge is -2.38. The Morgan fingerprint density at radius 2 is 2.05 bits per heavy atom. The van der Waals surface area contributed by atoms with Crippen molar-refractivity contribution in [2.75, 3.05) is 7.11 Å². The lowest BCUT2D eigenvalue weighted by atomic mass is 9.71. The van der Waals surface area contributed by atoms with Crippen LogP contribution in [0.1, 0.15) is 51.2 Å². The Kier molecular flexibility index (Phi) is 5.28. The van der Waals surface area contributed by atoms with E-state index in [1.165, 1.54) is 18.4 Å². The maximum absolute atomic E-state index is 6.17. The van der Waals surface area contributed by atoms with Gasteiger partial charge in [-0.05, 0) is 48.3 Å². The largest absolute Gasteiger partial charge is 0.496 e. The van der Waals surface area contributed by atoms with Crippen molar-refractivity contribution in [2.24, 2.45) is 17.1 Å². The van der Waals surface area contributed by atoms with Crippen LogP contribution in [0.5, 0.6) is 5.75 Å². The molecule has 0 radical (unpaired) electrons. The van der Waals surface area contributed by atoms with Gasteiger partial charge in [0.2, 0.25) is 0 Å². The molecule has 1 aliphatic carbocycles. The summed E-state index contributed by atoms with van der Waals surface area (Å²) < 4.78 is 11.5. The van der Waals surface area contributed by atoms with Gasteiger partial charge in [0.1, 0.15) is 5.75 Å². The van der Waals surface area contributed by atoms with E-state index in [2.05, 4.69) is 32.9 Å². The van der Waals surface area contributed by atoms with E-state index in [4.69, 9.17) is 15.2 Å². The fraction of sp³-hybridized carbons (Fsp3) is 0.667. The second-order valence-corrected chi connectivity index (χ2v) is 7.20. The zero-order valence-corrected chi connectivity index (χ0v) is 13.8. The first-order valence-electron chi connectivity index (χ1n) is 7.91. The van der Waals surface area contributed by atoms with E-state index in [-0.39, 0.29) is 0 Å². The third-order valence-corrected chi connectivity index (χ3v) is 4.40. The van der Waals surface area contributed by atoms with Gasteiger partial charge < -0.3 is 15.2 Å². The molecule has 2 rings (SSSR count). The molecule has 1 aromatic rings. The molecule has 1 saturated carbocycles. The van der Waals surface area contributed by atoms with Crippen LogP contribution in [0, 0.1) is 11.3 Å². The second-order valence-electron chi connectivity index (χ2n) is 7.20. The Bertz CT molecular complexity index is 470. The minimum absolute atomic E-state index is 0.368. The fourth-order valence-electron chi connectivity index (χ4n) is 3.68. The normalized spacial score (nSPS) is 24.8. The predicted octanol–water partition coefficient (Wildman–Crippen LogP) is 3.89.